The molecule has 0 spiro atoms. The number of nitrogens with two attached hydrogens (primary N) is 1. The zero-order valence-electron chi connectivity index (χ0n) is 11.4. The third-order valence-electron chi connectivity index (χ3n) is 4.80. The highest BCUT2D eigenvalue weighted by Crippen LogP contribution is 2.36. The van der Waals surface area contributed by atoms with Gasteiger partial charge in [0.25, 0.3) is 0 Å². The van der Waals surface area contributed by atoms with Crippen LogP contribution in [0.4, 0.5) is 5.69 Å². The van der Waals surface area contributed by atoms with Crippen molar-refractivity contribution >= 4 is 17.3 Å². The van der Waals surface area contributed by atoms with E-state index >= 15 is 0 Å². The van der Waals surface area contributed by atoms with E-state index in [2.05, 4.69) is 4.90 Å². The Labute approximate surface area is 120 Å². The fourth-order valence-electron chi connectivity index (χ4n) is 3.86. The first-order valence-electron chi connectivity index (χ1n) is 7.52. The minimum atomic E-state index is 0.778. The smallest absolute Gasteiger partial charge is 0.0452 e. The maximum atomic E-state index is 6.31. The van der Waals surface area contributed by atoms with Gasteiger partial charge in [-0.15, -0.1) is 0 Å². The van der Waals surface area contributed by atoms with Crippen molar-refractivity contribution in [3.05, 3.63) is 28.8 Å². The molecule has 0 amide bonds. The van der Waals surface area contributed by atoms with Gasteiger partial charge in [0.15, 0.2) is 0 Å². The fourth-order valence-corrected chi connectivity index (χ4v) is 4.04. The van der Waals surface area contributed by atoms with Crippen molar-refractivity contribution in [2.24, 2.45) is 5.92 Å². The molecule has 1 aliphatic carbocycles. The first kappa shape index (κ1) is 13.3. The summed E-state index contributed by atoms with van der Waals surface area (Å²) in [6.45, 7) is 2.18. The van der Waals surface area contributed by atoms with Gasteiger partial charge >= 0.3 is 0 Å². The molecule has 0 aromatic heterocycles. The van der Waals surface area contributed by atoms with Crippen LogP contribution in [0.1, 0.15) is 44.1 Å². The number of rotatable bonds is 2. The quantitative estimate of drug-likeness (QED) is 0.826. The third kappa shape index (κ3) is 2.90. The molecule has 0 bridgehead atoms. The SMILES string of the molecule is Nc1ccc(Cl)c(CN2CCC[C@H]3CCCC[C@H]32)c1. The maximum Gasteiger partial charge on any atom is 0.0452 e. The van der Waals surface area contributed by atoms with Crippen LogP contribution in [0.25, 0.3) is 0 Å². The molecule has 2 N–H and O–H groups in total. The normalized spacial score (nSPS) is 28.1. The number of nitrogen functional groups attached to an aromatic ring is 1. The Morgan fingerprint density at radius 1 is 1.16 bits per heavy atom. The summed E-state index contributed by atoms with van der Waals surface area (Å²) in [6.07, 6.45) is 8.36. The summed E-state index contributed by atoms with van der Waals surface area (Å²) in [5.41, 5.74) is 7.89. The highest BCUT2D eigenvalue weighted by molar-refractivity contribution is 6.31. The molecule has 2 aliphatic rings. The van der Waals surface area contributed by atoms with E-state index in [1.54, 1.807) is 0 Å². The lowest BCUT2D eigenvalue weighted by atomic mass is 9.78. The second kappa shape index (κ2) is 5.72. The molecule has 1 saturated carbocycles. The zero-order chi connectivity index (χ0) is 13.2. The number of likely N-dealkylation sites (tertiary alicyclic amines) is 1. The summed E-state index contributed by atoms with van der Waals surface area (Å²) < 4.78 is 0. The molecule has 1 aromatic carbocycles. The van der Waals surface area contributed by atoms with Crippen molar-refractivity contribution in [2.45, 2.75) is 51.1 Å². The molecule has 0 radical (unpaired) electrons. The molecule has 1 heterocycles. The van der Waals surface area contributed by atoms with E-state index < -0.39 is 0 Å². The molecule has 2 atom stereocenters. The zero-order valence-corrected chi connectivity index (χ0v) is 12.2. The highest BCUT2D eigenvalue weighted by atomic mass is 35.5. The number of nitrogens with zero attached hydrogens (tertiary/aromatic N) is 1. The summed E-state index contributed by atoms with van der Waals surface area (Å²) in [6, 6.07) is 6.62. The maximum absolute atomic E-state index is 6.31. The molecule has 3 rings (SSSR count). The molecule has 1 aliphatic heterocycles. The number of hydrogen-bond acceptors (Lipinski definition) is 2. The number of halogens is 1. The van der Waals surface area contributed by atoms with Crippen molar-refractivity contribution in [1.82, 2.24) is 4.90 Å². The summed E-state index contributed by atoms with van der Waals surface area (Å²) in [4.78, 5) is 2.65. The van der Waals surface area contributed by atoms with Crippen LogP contribution in [-0.2, 0) is 6.54 Å². The van der Waals surface area contributed by atoms with E-state index in [-0.39, 0.29) is 0 Å². The average Bonchev–Trinajstić information content (AvgIpc) is 2.43. The standard InChI is InChI=1S/C16H23ClN2/c17-15-8-7-14(18)10-13(15)11-19-9-3-5-12-4-1-2-6-16(12)19/h7-8,10,12,16H,1-6,9,11,18H2/t12-,16-/m1/s1. The monoisotopic (exact) mass is 278 g/mol. The number of fused-ring (bicyclic) bond motifs is 1. The number of piperidine rings is 1. The van der Waals surface area contributed by atoms with Gasteiger partial charge in [-0.2, -0.15) is 0 Å². The van der Waals surface area contributed by atoms with Gasteiger partial charge in [0.05, 0.1) is 0 Å². The highest BCUT2D eigenvalue weighted by Gasteiger charge is 2.33. The third-order valence-corrected chi connectivity index (χ3v) is 5.17. The van der Waals surface area contributed by atoms with E-state index in [1.807, 2.05) is 18.2 Å². The van der Waals surface area contributed by atoms with E-state index in [4.69, 9.17) is 17.3 Å². The van der Waals surface area contributed by atoms with Crippen molar-refractivity contribution in [3.63, 3.8) is 0 Å². The first-order valence-corrected chi connectivity index (χ1v) is 7.90. The lowest BCUT2D eigenvalue weighted by molar-refractivity contribution is 0.0547. The van der Waals surface area contributed by atoms with E-state index in [9.17, 15) is 0 Å². The molecule has 3 heteroatoms. The summed E-state index contributed by atoms with van der Waals surface area (Å²) in [7, 11) is 0. The van der Waals surface area contributed by atoms with Crippen LogP contribution in [-0.4, -0.2) is 17.5 Å². The Hall–Kier alpha value is -0.730. The van der Waals surface area contributed by atoms with Gasteiger partial charge in [0.1, 0.15) is 0 Å². The molecule has 2 fully saturated rings. The van der Waals surface area contributed by atoms with Crippen LogP contribution < -0.4 is 5.73 Å². The molecule has 1 aromatic rings. The molecule has 0 unspecified atom stereocenters. The summed E-state index contributed by atoms with van der Waals surface area (Å²) in [5, 5.41) is 0.854. The van der Waals surface area contributed by atoms with Gasteiger partial charge in [-0.25, -0.2) is 0 Å². The second-order valence-corrected chi connectivity index (χ2v) is 6.48. The number of benzene rings is 1. The van der Waals surface area contributed by atoms with Crippen LogP contribution in [0.15, 0.2) is 18.2 Å². The number of hydrogen-bond donors (Lipinski definition) is 1. The molecular formula is C16H23ClN2. The Bertz CT molecular complexity index is 444. The first-order chi connectivity index (χ1) is 9.24. The Balaban J connectivity index is 1.75. The molecule has 104 valence electrons. The van der Waals surface area contributed by atoms with Gasteiger partial charge in [0, 0.05) is 23.3 Å². The van der Waals surface area contributed by atoms with Crippen LogP contribution in [0.2, 0.25) is 5.02 Å². The van der Waals surface area contributed by atoms with Crippen molar-refractivity contribution in [3.8, 4) is 0 Å². The van der Waals surface area contributed by atoms with Crippen molar-refractivity contribution < 1.29 is 0 Å². The van der Waals surface area contributed by atoms with Crippen molar-refractivity contribution in [2.75, 3.05) is 12.3 Å². The molecular weight excluding hydrogens is 256 g/mol. The van der Waals surface area contributed by atoms with E-state index in [1.165, 1.54) is 50.6 Å². The van der Waals surface area contributed by atoms with Crippen LogP contribution in [0, 0.1) is 5.92 Å². The number of anilines is 1. The molecule has 1 saturated heterocycles. The largest absolute Gasteiger partial charge is 0.399 e. The molecule has 19 heavy (non-hydrogen) atoms. The van der Waals surface area contributed by atoms with Crippen LogP contribution >= 0.6 is 11.6 Å². The summed E-state index contributed by atoms with van der Waals surface area (Å²) >= 11 is 6.31. The second-order valence-electron chi connectivity index (χ2n) is 6.08. The van der Waals surface area contributed by atoms with Crippen LogP contribution in [0.5, 0.6) is 0 Å². The minimum absolute atomic E-state index is 0.778. The topological polar surface area (TPSA) is 29.3 Å². The summed E-state index contributed by atoms with van der Waals surface area (Å²) in [5.74, 6) is 0.919. The fraction of sp³-hybridized carbons (Fsp3) is 0.625. The van der Waals surface area contributed by atoms with Crippen LogP contribution in [0.3, 0.4) is 0 Å². The Morgan fingerprint density at radius 2 is 1.95 bits per heavy atom. The van der Waals surface area contributed by atoms with Gasteiger partial charge in [-0.05, 0) is 61.9 Å². The Kier molecular flexibility index (Phi) is 3.99. The van der Waals surface area contributed by atoms with Gasteiger partial charge < -0.3 is 5.73 Å². The predicted molar refractivity (Wildman–Crippen MR) is 81.3 cm³/mol. The lowest BCUT2D eigenvalue weighted by Crippen LogP contribution is -2.46. The Morgan fingerprint density at radius 3 is 2.84 bits per heavy atom. The van der Waals surface area contributed by atoms with E-state index in [0.717, 1.165) is 29.2 Å². The molecule has 2 nitrogen and oxygen atoms in total. The van der Waals surface area contributed by atoms with Gasteiger partial charge in [-0.3, -0.25) is 4.90 Å². The minimum Gasteiger partial charge on any atom is -0.399 e. The van der Waals surface area contributed by atoms with Gasteiger partial charge in [0.2, 0.25) is 0 Å². The van der Waals surface area contributed by atoms with Gasteiger partial charge in [-0.1, -0.05) is 24.4 Å². The van der Waals surface area contributed by atoms with Crippen molar-refractivity contribution in [1.29, 1.82) is 0 Å². The lowest BCUT2D eigenvalue weighted by Gasteiger charge is -2.44. The average molecular weight is 279 g/mol. The van der Waals surface area contributed by atoms with E-state index in [0.29, 0.717) is 0 Å². The predicted octanol–water partition coefficient (Wildman–Crippen LogP) is 4.08.